The van der Waals surface area contributed by atoms with E-state index in [-0.39, 0.29) is 29.6 Å². The molecule has 0 spiro atoms. The highest BCUT2D eigenvalue weighted by Gasteiger charge is 2.34. The smallest absolute Gasteiger partial charge is 0.257 e. The molecule has 0 radical (unpaired) electrons. The monoisotopic (exact) mass is 495 g/mol. The highest BCUT2D eigenvalue weighted by molar-refractivity contribution is 7.99. The Bertz CT molecular complexity index is 1150. The molecule has 6 nitrogen and oxygen atoms in total. The van der Waals surface area contributed by atoms with Gasteiger partial charge >= 0.3 is 0 Å². The second-order valence-electron chi connectivity index (χ2n) is 8.84. The molecule has 1 unspecified atom stereocenters. The fourth-order valence-corrected chi connectivity index (χ4v) is 5.41. The molecular weight excluding hydrogens is 465 g/mol. The minimum Gasteiger partial charge on any atom is -0.469 e. The summed E-state index contributed by atoms with van der Waals surface area (Å²) in [4.78, 5) is 33.9. The van der Waals surface area contributed by atoms with Crippen molar-refractivity contribution in [2.75, 3.05) is 25.9 Å². The number of amides is 2. The summed E-state index contributed by atoms with van der Waals surface area (Å²) in [6.07, 6.45) is 5.15. The average Bonchev–Trinajstić information content (AvgIpc) is 3.32. The van der Waals surface area contributed by atoms with Gasteiger partial charge in [0, 0.05) is 32.4 Å². The van der Waals surface area contributed by atoms with E-state index in [0.29, 0.717) is 42.2 Å². The maximum absolute atomic E-state index is 14.5. The minimum atomic E-state index is -0.267. The lowest BCUT2D eigenvalue weighted by Gasteiger charge is -2.40. The van der Waals surface area contributed by atoms with Crippen LogP contribution in [0.4, 0.5) is 4.39 Å². The number of halogens is 1. The molecule has 2 aromatic heterocycles. The number of aromatic nitrogens is 1. The normalized spacial score (nSPS) is 15.1. The number of carbonyl (C=O) groups excluding carboxylic acids is 2. The van der Waals surface area contributed by atoms with Gasteiger partial charge in [-0.15, -0.1) is 0 Å². The van der Waals surface area contributed by atoms with Crippen molar-refractivity contribution in [3.05, 3.63) is 83.7 Å². The van der Waals surface area contributed by atoms with Crippen molar-refractivity contribution in [1.82, 2.24) is 14.8 Å². The van der Waals surface area contributed by atoms with E-state index in [1.165, 1.54) is 24.1 Å². The molecule has 35 heavy (non-hydrogen) atoms. The van der Waals surface area contributed by atoms with Crippen molar-refractivity contribution in [3.63, 3.8) is 0 Å². The number of rotatable bonds is 8. The standard InChI is InChI=1S/C27H30FN3O3S/c1-19-22(12-16-34-19)27(33)30(2)24(17-21-7-3-4-8-23(21)28)20-10-14-31(15-11-20)26(32)18-35-25-9-5-6-13-29-25/h3-9,12-13,16,20,24H,10-11,14-15,17-18H2,1-2H3. The fourth-order valence-electron chi connectivity index (χ4n) is 4.65. The number of hydrogen-bond acceptors (Lipinski definition) is 5. The molecule has 1 fully saturated rings. The third kappa shape index (κ3) is 6.11. The van der Waals surface area contributed by atoms with Gasteiger partial charge in [0.15, 0.2) is 0 Å². The van der Waals surface area contributed by atoms with E-state index >= 15 is 0 Å². The minimum absolute atomic E-state index is 0.0863. The summed E-state index contributed by atoms with van der Waals surface area (Å²) in [5.74, 6) is 0.738. The first-order valence-corrected chi connectivity index (χ1v) is 12.8. The van der Waals surface area contributed by atoms with Crippen LogP contribution in [0.25, 0.3) is 0 Å². The number of piperidine rings is 1. The van der Waals surface area contributed by atoms with Gasteiger partial charge in [0.05, 0.1) is 22.6 Å². The number of carbonyl (C=O) groups is 2. The summed E-state index contributed by atoms with van der Waals surface area (Å²) >= 11 is 1.44. The average molecular weight is 496 g/mol. The van der Waals surface area contributed by atoms with Crippen LogP contribution in [0.1, 0.15) is 34.5 Å². The van der Waals surface area contributed by atoms with Gasteiger partial charge in [-0.1, -0.05) is 36.0 Å². The molecule has 1 aliphatic heterocycles. The molecule has 0 aliphatic carbocycles. The number of nitrogens with zero attached hydrogens (tertiary/aromatic N) is 3. The highest BCUT2D eigenvalue weighted by atomic mass is 32.2. The van der Waals surface area contributed by atoms with Crippen LogP contribution < -0.4 is 0 Å². The SMILES string of the molecule is Cc1occc1C(=O)N(C)C(Cc1ccccc1F)C1CCN(C(=O)CSc2ccccn2)CC1. The van der Waals surface area contributed by atoms with Gasteiger partial charge in [0.1, 0.15) is 11.6 Å². The number of aryl methyl sites for hydroxylation is 1. The Hall–Kier alpha value is -3.13. The van der Waals surface area contributed by atoms with Crippen LogP contribution in [0.15, 0.2) is 70.4 Å². The highest BCUT2D eigenvalue weighted by Crippen LogP contribution is 2.29. The van der Waals surface area contributed by atoms with Crippen molar-refractivity contribution in [3.8, 4) is 0 Å². The summed E-state index contributed by atoms with van der Waals surface area (Å²) in [6, 6.07) is 13.8. The van der Waals surface area contributed by atoms with Crippen LogP contribution in [0.5, 0.6) is 0 Å². The zero-order chi connectivity index (χ0) is 24.8. The van der Waals surface area contributed by atoms with E-state index in [0.717, 1.165) is 17.9 Å². The molecule has 0 saturated carbocycles. The summed E-state index contributed by atoms with van der Waals surface area (Å²) in [5, 5.41) is 0.829. The Labute approximate surface area is 209 Å². The van der Waals surface area contributed by atoms with Crippen molar-refractivity contribution in [1.29, 1.82) is 0 Å². The van der Waals surface area contributed by atoms with Crippen LogP contribution in [-0.4, -0.2) is 58.5 Å². The largest absolute Gasteiger partial charge is 0.469 e. The molecule has 1 aromatic carbocycles. The van der Waals surface area contributed by atoms with Crippen LogP contribution in [0.3, 0.4) is 0 Å². The first kappa shape index (κ1) is 25.0. The number of thioether (sulfide) groups is 1. The van der Waals surface area contributed by atoms with E-state index in [4.69, 9.17) is 4.42 Å². The maximum atomic E-state index is 14.5. The molecule has 1 atom stereocenters. The fraction of sp³-hybridized carbons (Fsp3) is 0.370. The van der Waals surface area contributed by atoms with Crippen molar-refractivity contribution in [2.24, 2.45) is 5.92 Å². The number of furan rings is 1. The molecule has 1 aliphatic rings. The molecule has 3 heterocycles. The van der Waals surface area contributed by atoms with Gasteiger partial charge in [0.2, 0.25) is 5.91 Å². The summed E-state index contributed by atoms with van der Waals surface area (Å²) in [5.41, 5.74) is 1.11. The van der Waals surface area contributed by atoms with Crippen molar-refractivity contribution < 1.29 is 18.4 Å². The van der Waals surface area contributed by atoms with Gasteiger partial charge in [-0.05, 0) is 61.9 Å². The number of benzene rings is 1. The molecule has 0 N–H and O–H groups in total. The lowest BCUT2D eigenvalue weighted by Crippen LogP contribution is -2.48. The van der Waals surface area contributed by atoms with Gasteiger partial charge < -0.3 is 14.2 Å². The second-order valence-corrected chi connectivity index (χ2v) is 9.84. The Morgan fingerprint density at radius 2 is 1.91 bits per heavy atom. The van der Waals surface area contributed by atoms with Crippen LogP contribution in [0, 0.1) is 18.7 Å². The molecule has 4 rings (SSSR count). The molecule has 3 aromatic rings. The number of pyridine rings is 1. The summed E-state index contributed by atoms with van der Waals surface area (Å²) in [6.45, 7) is 3.00. The Balaban J connectivity index is 1.43. The molecule has 0 bridgehead atoms. The predicted molar refractivity (Wildman–Crippen MR) is 134 cm³/mol. The zero-order valence-electron chi connectivity index (χ0n) is 20.0. The molecule has 8 heteroatoms. The van der Waals surface area contributed by atoms with Crippen molar-refractivity contribution >= 4 is 23.6 Å². The van der Waals surface area contributed by atoms with Crippen LogP contribution in [-0.2, 0) is 11.2 Å². The predicted octanol–water partition coefficient (Wildman–Crippen LogP) is 4.84. The zero-order valence-corrected chi connectivity index (χ0v) is 20.8. The van der Waals surface area contributed by atoms with Crippen molar-refractivity contribution in [2.45, 2.75) is 37.3 Å². The van der Waals surface area contributed by atoms with Gasteiger partial charge in [-0.3, -0.25) is 9.59 Å². The van der Waals surface area contributed by atoms with E-state index in [1.54, 1.807) is 43.3 Å². The van der Waals surface area contributed by atoms with Gasteiger partial charge in [-0.2, -0.15) is 0 Å². The van der Waals surface area contributed by atoms with Gasteiger partial charge in [0.25, 0.3) is 5.91 Å². The Morgan fingerprint density at radius 1 is 1.17 bits per heavy atom. The van der Waals surface area contributed by atoms with E-state index < -0.39 is 0 Å². The molecule has 2 amide bonds. The maximum Gasteiger partial charge on any atom is 0.257 e. The first-order valence-electron chi connectivity index (χ1n) is 11.8. The van der Waals surface area contributed by atoms with E-state index in [1.807, 2.05) is 29.2 Å². The van der Waals surface area contributed by atoms with Gasteiger partial charge in [-0.25, -0.2) is 9.37 Å². The first-order chi connectivity index (χ1) is 16.9. The lowest BCUT2D eigenvalue weighted by molar-refractivity contribution is -0.130. The van der Waals surface area contributed by atoms with E-state index in [2.05, 4.69) is 4.98 Å². The third-order valence-corrected chi connectivity index (χ3v) is 7.64. The lowest BCUT2D eigenvalue weighted by atomic mass is 9.84. The molecule has 1 saturated heterocycles. The molecule has 184 valence electrons. The summed E-state index contributed by atoms with van der Waals surface area (Å²) < 4.78 is 19.9. The second kappa shape index (κ2) is 11.5. The Morgan fingerprint density at radius 3 is 2.57 bits per heavy atom. The molecular formula is C27H30FN3O3S. The Kier molecular flexibility index (Phi) is 8.23. The number of likely N-dealkylation sites (tertiary alicyclic amines) is 1. The van der Waals surface area contributed by atoms with Crippen LogP contribution >= 0.6 is 11.8 Å². The van der Waals surface area contributed by atoms with Crippen LogP contribution in [0.2, 0.25) is 0 Å². The van der Waals surface area contributed by atoms with E-state index in [9.17, 15) is 14.0 Å². The topological polar surface area (TPSA) is 66.7 Å². The summed E-state index contributed by atoms with van der Waals surface area (Å²) in [7, 11) is 1.78. The third-order valence-electron chi connectivity index (χ3n) is 6.71. The number of hydrogen-bond donors (Lipinski definition) is 0. The quantitative estimate of drug-likeness (QED) is 0.419. The number of likely N-dealkylation sites (N-methyl/N-ethyl adjacent to an activating group) is 1.